The van der Waals surface area contributed by atoms with E-state index in [9.17, 15) is 4.79 Å². The van der Waals surface area contributed by atoms with Crippen molar-refractivity contribution in [3.05, 3.63) is 45.2 Å². The molecule has 0 bridgehead atoms. The Morgan fingerprint density at radius 1 is 1.39 bits per heavy atom. The smallest absolute Gasteiger partial charge is 0.161 e. The normalized spacial score (nSPS) is 10.4. The number of ketones is 1. The third kappa shape index (κ3) is 3.09. The summed E-state index contributed by atoms with van der Waals surface area (Å²) < 4.78 is 0.790. The van der Waals surface area contributed by atoms with Crippen LogP contribution in [0.1, 0.15) is 22.2 Å². The average Bonchev–Trinajstić information content (AvgIpc) is 2.75. The van der Waals surface area contributed by atoms with Gasteiger partial charge in [-0.1, -0.05) is 11.6 Å². The molecule has 0 amide bonds. The predicted octanol–water partition coefficient (Wildman–Crippen LogP) is 3.64. The van der Waals surface area contributed by atoms with Gasteiger partial charge >= 0.3 is 0 Å². The lowest BCUT2D eigenvalue weighted by atomic mass is 10.2. The molecule has 18 heavy (non-hydrogen) atoms. The zero-order chi connectivity index (χ0) is 13.1. The van der Waals surface area contributed by atoms with Crippen molar-refractivity contribution in [1.82, 2.24) is 4.98 Å². The van der Waals surface area contributed by atoms with Crippen molar-refractivity contribution in [1.29, 1.82) is 0 Å². The van der Waals surface area contributed by atoms with Crippen molar-refractivity contribution in [2.24, 2.45) is 0 Å². The number of halogens is 1. The first-order valence-electron chi connectivity index (χ1n) is 5.48. The molecule has 0 spiro atoms. The van der Waals surface area contributed by atoms with E-state index in [0.29, 0.717) is 5.56 Å². The molecule has 0 aliphatic carbocycles. The molecule has 94 valence electrons. The molecular weight excluding hydrogens is 268 g/mol. The van der Waals surface area contributed by atoms with Crippen LogP contribution in [0, 0.1) is 0 Å². The fourth-order valence-corrected chi connectivity index (χ4v) is 2.71. The van der Waals surface area contributed by atoms with Crippen LogP contribution in [0.15, 0.2) is 30.5 Å². The minimum Gasteiger partial charge on any atom is -0.355 e. The molecule has 0 unspecified atom stereocenters. The van der Waals surface area contributed by atoms with Crippen LogP contribution in [0.25, 0.3) is 0 Å². The lowest BCUT2D eigenvalue weighted by Gasteiger charge is -2.17. The lowest BCUT2D eigenvalue weighted by molar-refractivity contribution is 0.101. The SMILES string of the molecule is CC(=O)c1ccc(N(C)Cc2ccc(Cl)s2)nc1. The van der Waals surface area contributed by atoms with Crippen molar-refractivity contribution in [2.45, 2.75) is 13.5 Å². The fraction of sp³-hybridized carbons (Fsp3) is 0.231. The molecule has 2 aromatic rings. The van der Waals surface area contributed by atoms with Gasteiger partial charge < -0.3 is 4.90 Å². The van der Waals surface area contributed by atoms with Crippen LogP contribution in [-0.4, -0.2) is 17.8 Å². The van der Waals surface area contributed by atoms with Crippen LogP contribution < -0.4 is 4.90 Å². The third-order valence-corrected chi connectivity index (χ3v) is 3.78. The zero-order valence-electron chi connectivity index (χ0n) is 10.2. The van der Waals surface area contributed by atoms with Gasteiger partial charge in [-0.2, -0.15) is 0 Å². The Kier molecular flexibility index (Phi) is 3.99. The number of aromatic nitrogens is 1. The van der Waals surface area contributed by atoms with E-state index in [1.807, 2.05) is 30.1 Å². The molecule has 5 heteroatoms. The van der Waals surface area contributed by atoms with Gasteiger partial charge in [0.05, 0.1) is 10.9 Å². The number of pyridine rings is 1. The van der Waals surface area contributed by atoms with Crippen LogP contribution >= 0.6 is 22.9 Å². The van der Waals surface area contributed by atoms with Crippen LogP contribution in [0.4, 0.5) is 5.82 Å². The lowest BCUT2D eigenvalue weighted by Crippen LogP contribution is -2.17. The largest absolute Gasteiger partial charge is 0.355 e. The number of thiophene rings is 1. The van der Waals surface area contributed by atoms with Crippen LogP contribution in [-0.2, 0) is 6.54 Å². The zero-order valence-corrected chi connectivity index (χ0v) is 11.8. The molecule has 0 aliphatic heterocycles. The summed E-state index contributed by atoms with van der Waals surface area (Å²) in [4.78, 5) is 18.6. The summed E-state index contributed by atoms with van der Waals surface area (Å²) in [6.07, 6.45) is 1.61. The highest BCUT2D eigenvalue weighted by atomic mass is 35.5. The van der Waals surface area contributed by atoms with Gasteiger partial charge in [-0.3, -0.25) is 4.79 Å². The molecule has 0 fully saturated rings. The van der Waals surface area contributed by atoms with Gasteiger partial charge in [-0.15, -0.1) is 11.3 Å². The van der Waals surface area contributed by atoms with Crippen molar-refractivity contribution >= 4 is 34.5 Å². The maximum atomic E-state index is 11.2. The van der Waals surface area contributed by atoms with Gasteiger partial charge in [0, 0.05) is 23.7 Å². The number of carbonyl (C=O) groups is 1. The molecule has 2 heterocycles. The highest BCUT2D eigenvalue weighted by Gasteiger charge is 2.06. The molecule has 0 saturated heterocycles. The van der Waals surface area contributed by atoms with E-state index in [1.165, 1.54) is 11.8 Å². The van der Waals surface area contributed by atoms with Gasteiger partial charge in [0.2, 0.25) is 0 Å². The van der Waals surface area contributed by atoms with Crippen molar-refractivity contribution in [3.63, 3.8) is 0 Å². The summed E-state index contributed by atoms with van der Waals surface area (Å²) >= 11 is 7.45. The number of rotatable bonds is 4. The summed E-state index contributed by atoms with van der Waals surface area (Å²) in [7, 11) is 1.96. The maximum absolute atomic E-state index is 11.2. The van der Waals surface area contributed by atoms with E-state index in [4.69, 9.17) is 11.6 Å². The number of hydrogen-bond donors (Lipinski definition) is 0. The monoisotopic (exact) mass is 280 g/mol. The van der Waals surface area contributed by atoms with Gasteiger partial charge in [0.25, 0.3) is 0 Å². The maximum Gasteiger partial charge on any atom is 0.161 e. The van der Waals surface area contributed by atoms with E-state index in [0.717, 1.165) is 16.7 Å². The molecule has 3 nitrogen and oxygen atoms in total. The molecule has 2 rings (SSSR count). The number of hydrogen-bond acceptors (Lipinski definition) is 4. The molecule has 0 N–H and O–H groups in total. The predicted molar refractivity (Wildman–Crippen MR) is 75.7 cm³/mol. The Balaban J connectivity index is 2.09. The van der Waals surface area contributed by atoms with E-state index < -0.39 is 0 Å². The van der Waals surface area contributed by atoms with Crippen LogP contribution in [0.3, 0.4) is 0 Å². The quantitative estimate of drug-likeness (QED) is 0.802. The Hall–Kier alpha value is -1.39. The molecule has 0 aliphatic rings. The van der Waals surface area contributed by atoms with Crippen molar-refractivity contribution < 1.29 is 4.79 Å². The van der Waals surface area contributed by atoms with E-state index in [1.54, 1.807) is 23.6 Å². The molecular formula is C13H13ClN2OS. The van der Waals surface area contributed by atoms with Gasteiger partial charge in [0.15, 0.2) is 5.78 Å². The molecule has 0 atom stereocenters. The summed E-state index contributed by atoms with van der Waals surface area (Å²) in [5.41, 5.74) is 0.631. The molecule has 0 aromatic carbocycles. The Morgan fingerprint density at radius 3 is 2.67 bits per heavy atom. The van der Waals surface area contributed by atoms with Gasteiger partial charge in [-0.25, -0.2) is 4.98 Å². The molecule has 0 radical (unpaired) electrons. The minimum absolute atomic E-state index is 0.0294. The number of Topliss-reactive ketones (excluding diaryl/α,β-unsaturated/α-hetero) is 1. The van der Waals surface area contributed by atoms with Gasteiger partial charge in [0.1, 0.15) is 5.82 Å². The van der Waals surface area contributed by atoms with Crippen molar-refractivity contribution in [3.8, 4) is 0 Å². The fourth-order valence-electron chi connectivity index (χ4n) is 1.57. The Bertz CT molecular complexity index is 550. The van der Waals surface area contributed by atoms with E-state index in [2.05, 4.69) is 4.98 Å². The van der Waals surface area contributed by atoms with Crippen LogP contribution in [0.5, 0.6) is 0 Å². The van der Waals surface area contributed by atoms with Crippen LogP contribution in [0.2, 0.25) is 4.34 Å². The Morgan fingerprint density at radius 2 is 2.17 bits per heavy atom. The Labute approximate surface area is 115 Å². The molecule has 0 saturated carbocycles. The van der Waals surface area contributed by atoms with E-state index >= 15 is 0 Å². The second kappa shape index (κ2) is 5.50. The summed E-state index contributed by atoms with van der Waals surface area (Å²) in [5.74, 6) is 0.867. The van der Waals surface area contributed by atoms with E-state index in [-0.39, 0.29) is 5.78 Å². The highest BCUT2D eigenvalue weighted by molar-refractivity contribution is 7.16. The minimum atomic E-state index is 0.0294. The first kappa shape index (κ1) is 13.1. The summed E-state index contributed by atoms with van der Waals surface area (Å²) in [5, 5.41) is 0. The standard InChI is InChI=1S/C13H13ClN2OS/c1-9(17)10-3-6-13(15-7-10)16(2)8-11-4-5-12(14)18-11/h3-7H,8H2,1-2H3. The van der Waals surface area contributed by atoms with Crippen molar-refractivity contribution in [2.75, 3.05) is 11.9 Å². The third-order valence-electron chi connectivity index (χ3n) is 2.57. The summed E-state index contributed by atoms with van der Waals surface area (Å²) in [6, 6.07) is 7.55. The second-order valence-electron chi connectivity index (χ2n) is 4.02. The second-order valence-corrected chi connectivity index (χ2v) is 5.82. The first-order chi connectivity index (χ1) is 8.56. The number of anilines is 1. The number of carbonyl (C=O) groups excluding carboxylic acids is 1. The average molecular weight is 281 g/mol. The summed E-state index contributed by atoms with van der Waals surface area (Å²) in [6.45, 7) is 2.29. The topological polar surface area (TPSA) is 33.2 Å². The number of nitrogens with zero attached hydrogens (tertiary/aromatic N) is 2. The molecule has 2 aromatic heterocycles. The highest BCUT2D eigenvalue weighted by Crippen LogP contribution is 2.23. The first-order valence-corrected chi connectivity index (χ1v) is 6.68. The van der Waals surface area contributed by atoms with Gasteiger partial charge in [-0.05, 0) is 31.2 Å².